The Balaban J connectivity index is 0.000000236. The first-order chi connectivity index (χ1) is 20.2. The fraction of sp³-hybridized carbons (Fsp3) is 0.161. The van der Waals surface area contributed by atoms with Crippen LogP contribution in [0.2, 0.25) is 20.1 Å². The van der Waals surface area contributed by atoms with Crippen LogP contribution in [0.4, 0.5) is 0 Å². The minimum Gasteiger partial charge on any atom is -0.479 e. The largest absolute Gasteiger partial charge is 0.479 e. The summed E-state index contributed by atoms with van der Waals surface area (Å²) in [6.45, 7) is 4.42. The average Bonchev–Trinajstić information content (AvgIpc) is 2.94. The number of rotatable bonds is 10. The molecule has 0 heterocycles. The van der Waals surface area contributed by atoms with Crippen molar-refractivity contribution >= 4 is 58.3 Å². The highest BCUT2D eigenvalue weighted by Gasteiger charge is 2.29. The van der Waals surface area contributed by atoms with E-state index in [0.29, 0.717) is 54.6 Å². The average molecular weight is 668 g/mol. The van der Waals surface area contributed by atoms with Gasteiger partial charge in [-0.15, -0.1) is 0 Å². The predicted molar refractivity (Wildman–Crippen MR) is 166 cm³/mol. The van der Waals surface area contributed by atoms with Crippen molar-refractivity contribution in [3.8, 4) is 34.5 Å². The van der Waals surface area contributed by atoms with E-state index in [-0.39, 0.29) is 0 Å². The third kappa shape index (κ3) is 10.4. The molecule has 43 heavy (non-hydrogen) atoms. The SMILES string of the molecule is CC(C)(Oc1ccc(Oc2ccc(Cl)cc2Cl)cc1)C(=O)O.CC(Oc1ccc(Oc2ccc(Cl)cc2Cl)cc1)C(=O)O. The third-order valence-electron chi connectivity index (χ3n) is 5.44. The van der Waals surface area contributed by atoms with Crippen LogP contribution < -0.4 is 18.9 Å². The van der Waals surface area contributed by atoms with Gasteiger partial charge in [0.1, 0.15) is 34.5 Å². The van der Waals surface area contributed by atoms with E-state index in [0.717, 1.165) is 0 Å². The Labute approximate surface area is 268 Å². The second-order valence-electron chi connectivity index (χ2n) is 9.31. The molecule has 12 heteroatoms. The van der Waals surface area contributed by atoms with Crippen molar-refractivity contribution < 1.29 is 38.7 Å². The Hall–Kier alpha value is -3.82. The van der Waals surface area contributed by atoms with Crippen LogP contribution in [0.3, 0.4) is 0 Å². The molecule has 0 aliphatic rings. The molecule has 0 saturated heterocycles. The molecule has 0 aliphatic heterocycles. The van der Waals surface area contributed by atoms with E-state index in [2.05, 4.69) is 0 Å². The van der Waals surface area contributed by atoms with Crippen LogP contribution in [0.15, 0.2) is 84.9 Å². The molecule has 1 atom stereocenters. The van der Waals surface area contributed by atoms with Gasteiger partial charge in [-0.25, -0.2) is 9.59 Å². The number of aliphatic carboxylic acids is 2. The smallest absolute Gasteiger partial charge is 0.347 e. The molecule has 4 rings (SSSR count). The lowest BCUT2D eigenvalue weighted by atomic mass is 10.1. The number of hydrogen-bond acceptors (Lipinski definition) is 6. The molecule has 4 aromatic rings. The van der Waals surface area contributed by atoms with Gasteiger partial charge in [0.25, 0.3) is 0 Å². The second kappa shape index (κ2) is 15.1. The maximum Gasteiger partial charge on any atom is 0.347 e. The Kier molecular flexibility index (Phi) is 11.8. The normalized spacial score (nSPS) is 11.4. The van der Waals surface area contributed by atoms with Crippen molar-refractivity contribution in [2.24, 2.45) is 0 Å². The van der Waals surface area contributed by atoms with E-state index < -0.39 is 23.6 Å². The number of carboxylic acids is 2. The minimum atomic E-state index is -1.30. The predicted octanol–water partition coefficient (Wildman–Crippen LogP) is 9.67. The maximum atomic E-state index is 11.0. The van der Waals surface area contributed by atoms with Crippen LogP contribution >= 0.6 is 46.4 Å². The van der Waals surface area contributed by atoms with Crippen molar-refractivity contribution in [3.05, 3.63) is 105 Å². The lowest BCUT2D eigenvalue weighted by molar-refractivity contribution is -0.152. The molecule has 0 fully saturated rings. The summed E-state index contributed by atoms with van der Waals surface area (Å²) in [5, 5.41) is 19.7. The summed E-state index contributed by atoms with van der Waals surface area (Å²) in [5.74, 6) is 0.865. The quantitative estimate of drug-likeness (QED) is 0.172. The van der Waals surface area contributed by atoms with Gasteiger partial charge in [0.2, 0.25) is 0 Å². The minimum absolute atomic E-state index is 0.403. The Morgan fingerprint density at radius 1 is 0.651 bits per heavy atom. The molecule has 1 unspecified atom stereocenters. The van der Waals surface area contributed by atoms with Gasteiger partial charge in [0.05, 0.1) is 10.0 Å². The molecule has 226 valence electrons. The number of carbonyl (C=O) groups is 2. The van der Waals surface area contributed by atoms with Crippen molar-refractivity contribution in [1.82, 2.24) is 0 Å². The first-order valence-electron chi connectivity index (χ1n) is 12.5. The summed E-state index contributed by atoms with van der Waals surface area (Å²) >= 11 is 23.7. The molecule has 0 spiro atoms. The number of hydrogen-bond donors (Lipinski definition) is 2. The summed E-state index contributed by atoms with van der Waals surface area (Å²) in [6, 6.07) is 23.0. The van der Waals surface area contributed by atoms with Crippen molar-refractivity contribution in [1.29, 1.82) is 0 Å². The van der Waals surface area contributed by atoms with E-state index in [9.17, 15) is 9.59 Å². The van der Waals surface area contributed by atoms with E-state index in [1.807, 2.05) is 0 Å². The number of ether oxygens (including phenoxy) is 4. The van der Waals surface area contributed by atoms with E-state index in [1.54, 1.807) is 84.9 Å². The van der Waals surface area contributed by atoms with Gasteiger partial charge >= 0.3 is 11.9 Å². The molecule has 0 radical (unpaired) electrons. The summed E-state index contributed by atoms with van der Waals surface area (Å²) in [4.78, 5) is 21.7. The van der Waals surface area contributed by atoms with Gasteiger partial charge in [-0.2, -0.15) is 0 Å². The topological polar surface area (TPSA) is 112 Å². The molecule has 0 aromatic heterocycles. The molecule has 4 aromatic carbocycles. The zero-order chi connectivity index (χ0) is 31.7. The zero-order valence-electron chi connectivity index (χ0n) is 23.0. The highest BCUT2D eigenvalue weighted by molar-refractivity contribution is 6.36. The van der Waals surface area contributed by atoms with Crippen LogP contribution in [0.5, 0.6) is 34.5 Å². The molecular formula is C31H26Cl4O8. The maximum absolute atomic E-state index is 11.0. The highest BCUT2D eigenvalue weighted by Crippen LogP contribution is 2.33. The Morgan fingerprint density at radius 3 is 1.42 bits per heavy atom. The van der Waals surface area contributed by atoms with E-state index >= 15 is 0 Å². The monoisotopic (exact) mass is 666 g/mol. The van der Waals surface area contributed by atoms with Crippen LogP contribution in [0, 0.1) is 0 Å². The zero-order valence-corrected chi connectivity index (χ0v) is 26.0. The van der Waals surface area contributed by atoms with Gasteiger partial charge in [-0.1, -0.05) is 46.4 Å². The first-order valence-corrected chi connectivity index (χ1v) is 14.0. The van der Waals surface area contributed by atoms with Crippen molar-refractivity contribution in [2.45, 2.75) is 32.5 Å². The standard InChI is InChI=1S/C16H14Cl2O4.C15H12Cl2O4/c1-16(2,15(19)20)22-12-6-4-11(5-7-12)21-14-8-3-10(17)9-13(14)18;1-9(15(18)19)20-11-3-5-12(6-4-11)21-14-7-2-10(16)8-13(14)17/h3-9H,1-2H3,(H,19,20);2-9H,1H3,(H,18,19). The lowest BCUT2D eigenvalue weighted by Crippen LogP contribution is -2.37. The number of carboxylic acid groups (broad SMARTS) is 2. The van der Waals surface area contributed by atoms with Gasteiger partial charge in [0.15, 0.2) is 11.7 Å². The molecular weight excluding hydrogens is 642 g/mol. The van der Waals surface area contributed by atoms with Crippen LogP contribution in [-0.2, 0) is 9.59 Å². The molecule has 8 nitrogen and oxygen atoms in total. The Bertz CT molecular complexity index is 1560. The van der Waals surface area contributed by atoms with Crippen LogP contribution in [0.25, 0.3) is 0 Å². The summed E-state index contributed by atoms with van der Waals surface area (Å²) in [6.07, 6.45) is -0.914. The summed E-state index contributed by atoms with van der Waals surface area (Å²) in [5.41, 5.74) is -1.30. The van der Waals surface area contributed by atoms with E-state index in [1.165, 1.54) is 20.8 Å². The van der Waals surface area contributed by atoms with Crippen molar-refractivity contribution in [3.63, 3.8) is 0 Å². The molecule has 0 aliphatic carbocycles. The number of halogens is 4. The Morgan fingerprint density at radius 2 is 1.05 bits per heavy atom. The van der Waals surface area contributed by atoms with Gasteiger partial charge in [-0.3, -0.25) is 0 Å². The van der Waals surface area contributed by atoms with E-state index in [4.69, 9.17) is 75.6 Å². The summed E-state index contributed by atoms with van der Waals surface area (Å²) in [7, 11) is 0. The third-order valence-corrected chi connectivity index (χ3v) is 6.50. The van der Waals surface area contributed by atoms with Crippen LogP contribution in [0.1, 0.15) is 20.8 Å². The first kappa shape index (κ1) is 33.7. The second-order valence-corrected chi connectivity index (χ2v) is 11.0. The van der Waals surface area contributed by atoms with Gasteiger partial charge in [0, 0.05) is 10.0 Å². The molecule has 0 bridgehead atoms. The van der Waals surface area contributed by atoms with Gasteiger partial charge in [-0.05, 0) is 106 Å². The fourth-order valence-electron chi connectivity index (χ4n) is 3.12. The van der Waals surface area contributed by atoms with Gasteiger partial charge < -0.3 is 29.2 Å². The summed E-state index contributed by atoms with van der Waals surface area (Å²) < 4.78 is 21.9. The molecule has 0 saturated carbocycles. The lowest BCUT2D eigenvalue weighted by Gasteiger charge is -2.21. The molecule has 2 N–H and O–H groups in total. The molecule has 0 amide bonds. The highest BCUT2D eigenvalue weighted by atomic mass is 35.5. The number of benzene rings is 4. The fourth-order valence-corrected chi connectivity index (χ4v) is 4.02. The van der Waals surface area contributed by atoms with Crippen LogP contribution in [-0.4, -0.2) is 33.9 Å². The van der Waals surface area contributed by atoms with Crippen molar-refractivity contribution in [2.75, 3.05) is 0 Å².